The molecule has 0 aromatic heterocycles. The average Bonchev–Trinajstić information content (AvgIpc) is 2.04. The van der Waals surface area contributed by atoms with Gasteiger partial charge in [0.05, 0.1) is 11.9 Å². The number of anilines is 1. The summed E-state index contributed by atoms with van der Waals surface area (Å²) in [7, 11) is 3.94. The highest BCUT2D eigenvalue weighted by Crippen LogP contribution is 2.24. The third-order valence-corrected chi connectivity index (χ3v) is 2.30. The van der Waals surface area contributed by atoms with Gasteiger partial charge in [0.1, 0.15) is 0 Å². The Bertz CT molecular complexity index is 323. The molecule has 1 N–H and O–H groups in total. The molecule has 0 aliphatic heterocycles. The van der Waals surface area contributed by atoms with Gasteiger partial charge in [0.15, 0.2) is 0 Å². The first-order valence-electron chi connectivity index (χ1n) is 3.79. The number of halogens is 1. The molecule has 0 spiro atoms. The number of nitrogens with zero attached hydrogens (tertiary/aromatic N) is 2. The van der Waals surface area contributed by atoms with Crippen molar-refractivity contribution in [2.24, 2.45) is 5.16 Å². The Labute approximate surface area is 85.8 Å². The summed E-state index contributed by atoms with van der Waals surface area (Å²) in [6, 6.07) is 5.75. The van der Waals surface area contributed by atoms with E-state index >= 15 is 0 Å². The molecule has 0 atom stereocenters. The van der Waals surface area contributed by atoms with E-state index in [9.17, 15) is 0 Å². The molecule has 3 nitrogen and oxygen atoms in total. The molecule has 1 aromatic rings. The van der Waals surface area contributed by atoms with Gasteiger partial charge in [-0.3, -0.25) is 0 Å². The predicted octanol–water partition coefficient (Wildman–Crippen LogP) is 2.32. The number of oxime groups is 1. The summed E-state index contributed by atoms with van der Waals surface area (Å²) in [6.07, 6.45) is 1.39. The van der Waals surface area contributed by atoms with Crippen LogP contribution in [-0.4, -0.2) is 25.5 Å². The van der Waals surface area contributed by atoms with Crippen LogP contribution >= 0.6 is 15.9 Å². The molecule has 0 aliphatic rings. The second-order valence-corrected chi connectivity index (χ2v) is 3.70. The lowest BCUT2D eigenvalue weighted by molar-refractivity contribution is 0.322. The Hall–Kier alpha value is -1.03. The lowest BCUT2D eigenvalue weighted by atomic mass is 10.2. The molecule has 0 aliphatic carbocycles. The normalized spacial score (nSPS) is 10.7. The lowest BCUT2D eigenvalue weighted by Crippen LogP contribution is -2.09. The van der Waals surface area contributed by atoms with Crippen molar-refractivity contribution in [3.63, 3.8) is 0 Å². The molecule has 1 aromatic carbocycles. The molecule has 0 unspecified atom stereocenters. The fraction of sp³-hybridized carbons (Fsp3) is 0.222. The van der Waals surface area contributed by atoms with Gasteiger partial charge < -0.3 is 10.1 Å². The zero-order chi connectivity index (χ0) is 9.84. The van der Waals surface area contributed by atoms with Crippen LogP contribution in [0.3, 0.4) is 0 Å². The molecular formula is C9H11BrN2O. The van der Waals surface area contributed by atoms with Crippen LogP contribution in [0.25, 0.3) is 0 Å². The average molecular weight is 243 g/mol. The maximum Gasteiger partial charge on any atom is 0.0734 e. The summed E-state index contributed by atoms with van der Waals surface area (Å²) in [5.74, 6) is 0. The standard InChI is InChI=1S/C9H11BrN2O/c1-12(2)9-4-3-7(6-11-13)5-8(9)10/h3-6,13H,1-2H3. The summed E-state index contributed by atoms with van der Waals surface area (Å²) in [6.45, 7) is 0. The first kappa shape index (κ1) is 10.1. The molecule has 0 radical (unpaired) electrons. The van der Waals surface area contributed by atoms with Gasteiger partial charge in [-0.2, -0.15) is 0 Å². The highest BCUT2D eigenvalue weighted by atomic mass is 79.9. The molecular weight excluding hydrogens is 232 g/mol. The third kappa shape index (κ3) is 2.45. The first-order chi connectivity index (χ1) is 6.15. The van der Waals surface area contributed by atoms with Gasteiger partial charge in [0.2, 0.25) is 0 Å². The second-order valence-electron chi connectivity index (χ2n) is 2.85. The van der Waals surface area contributed by atoms with Crippen molar-refractivity contribution in [2.75, 3.05) is 19.0 Å². The smallest absolute Gasteiger partial charge is 0.0734 e. The van der Waals surface area contributed by atoms with Crippen molar-refractivity contribution in [3.05, 3.63) is 28.2 Å². The van der Waals surface area contributed by atoms with E-state index in [-0.39, 0.29) is 0 Å². The predicted molar refractivity (Wildman–Crippen MR) is 57.8 cm³/mol. The Morgan fingerprint density at radius 1 is 1.46 bits per heavy atom. The molecule has 0 fully saturated rings. The number of hydrogen-bond donors (Lipinski definition) is 1. The van der Waals surface area contributed by atoms with E-state index in [1.807, 2.05) is 37.2 Å². The van der Waals surface area contributed by atoms with Crippen molar-refractivity contribution >= 4 is 27.8 Å². The fourth-order valence-corrected chi connectivity index (χ4v) is 1.78. The van der Waals surface area contributed by atoms with Gasteiger partial charge in [-0.1, -0.05) is 11.2 Å². The van der Waals surface area contributed by atoms with Crippen LogP contribution in [0.1, 0.15) is 5.56 Å². The van der Waals surface area contributed by atoms with E-state index in [4.69, 9.17) is 5.21 Å². The summed E-state index contributed by atoms with van der Waals surface area (Å²) in [5, 5.41) is 11.3. The van der Waals surface area contributed by atoms with Gasteiger partial charge >= 0.3 is 0 Å². The topological polar surface area (TPSA) is 35.8 Å². The summed E-state index contributed by atoms with van der Waals surface area (Å²) in [4.78, 5) is 2.00. The van der Waals surface area contributed by atoms with Gasteiger partial charge in [0.25, 0.3) is 0 Å². The van der Waals surface area contributed by atoms with Crippen LogP contribution in [0.5, 0.6) is 0 Å². The maximum atomic E-state index is 8.33. The Morgan fingerprint density at radius 2 is 2.15 bits per heavy atom. The van der Waals surface area contributed by atoms with Crippen molar-refractivity contribution in [3.8, 4) is 0 Å². The van der Waals surface area contributed by atoms with Gasteiger partial charge in [-0.15, -0.1) is 0 Å². The summed E-state index contributed by atoms with van der Waals surface area (Å²) >= 11 is 3.43. The highest BCUT2D eigenvalue weighted by molar-refractivity contribution is 9.10. The molecule has 0 bridgehead atoms. The Balaban J connectivity index is 3.05. The lowest BCUT2D eigenvalue weighted by Gasteiger charge is -2.14. The van der Waals surface area contributed by atoms with E-state index < -0.39 is 0 Å². The molecule has 0 saturated carbocycles. The number of hydrogen-bond acceptors (Lipinski definition) is 3. The van der Waals surface area contributed by atoms with Gasteiger partial charge in [-0.25, -0.2) is 0 Å². The Morgan fingerprint density at radius 3 is 2.62 bits per heavy atom. The molecule has 1 rings (SSSR count). The summed E-state index contributed by atoms with van der Waals surface area (Å²) < 4.78 is 0.981. The van der Waals surface area contributed by atoms with Crippen LogP contribution in [0.4, 0.5) is 5.69 Å². The minimum absolute atomic E-state index is 0.861. The van der Waals surface area contributed by atoms with E-state index in [1.165, 1.54) is 6.21 Å². The minimum Gasteiger partial charge on any atom is -0.411 e. The molecule has 4 heteroatoms. The van der Waals surface area contributed by atoms with Crippen molar-refractivity contribution in [1.82, 2.24) is 0 Å². The zero-order valence-electron chi connectivity index (χ0n) is 7.53. The maximum absolute atomic E-state index is 8.33. The second kappa shape index (κ2) is 4.28. The van der Waals surface area contributed by atoms with Gasteiger partial charge in [-0.05, 0) is 33.6 Å². The van der Waals surface area contributed by atoms with Crippen molar-refractivity contribution < 1.29 is 5.21 Å². The van der Waals surface area contributed by atoms with Crippen molar-refractivity contribution in [2.45, 2.75) is 0 Å². The molecule has 0 amide bonds. The SMILES string of the molecule is CN(C)c1ccc(C=NO)cc1Br. The van der Waals surface area contributed by atoms with Crippen molar-refractivity contribution in [1.29, 1.82) is 0 Å². The largest absolute Gasteiger partial charge is 0.411 e. The third-order valence-electron chi connectivity index (χ3n) is 1.66. The molecule has 13 heavy (non-hydrogen) atoms. The van der Waals surface area contributed by atoms with Crippen LogP contribution in [0.15, 0.2) is 27.8 Å². The Kier molecular flexibility index (Phi) is 3.31. The zero-order valence-corrected chi connectivity index (χ0v) is 9.12. The number of rotatable bonds is 2. The minimum atomic E-state index is 0.861. The summed E-state index contributed by atoms with van der Waals surface area (Å²) in [5.41, 5.74) is 1.95. The fourth-order valence-electron chi connectivity index (χ4n) is 1.03. The molecule has 0 saturated heterocycles. The van der Waals surface area contributed by atoms with Crippen LogP contribution < -0.4 is 4.90 Å². The monoisotopic (exact) mass is 242 g/mol. The molecule has 0 heterocycles. The van der Waals surface area contributed by atoms with E-state index in [1.54, 1.807) is 0 Å². The van der Waals surface area contributed by atoms with Gasteiger partial charge in [0, 0.05) is 18.6 Å². The quantitative estimate of drug-likeness (QED) is 0.491. The highest BCUT2D eigenvalue weighted by Gasteiger charge is 2.01. The van der Waals surface area contributed by atoms with E-state index in [2.05, 4.69) is 21.1 Å². The van der Waals surface area contributed by atoms with Crippen LogP contribution in [-0.2, 0) is 0 Å². The van der Waals surface area contributed by atoms with Crippen LogP contribution in [0, 0.1) is 0 Å². The number of benzene rings is 1. The van der Waals surface area contributed by atoms with E-state index in [0.29, 0.717) is 0 Å². The first-order valence-corrected chi connectivity index (χ1v) is 4.58. The molecule has 70 valence electrons. The van der Waals surface area contributed by atoms with Crippen LogP contribution in [0.2, 0.25) is 0 Å². The van der Waals surface area contributed by atoms with E-state index in [0.717, 1.165) is 15.7 Å².